The number of benzene rings is 1. The summed E-state index contributed by atoms with van der Waals surface area (Å²) in [6, 6.07) is 5.13. The first-order valence-corrected chi connectivity index (χ1v) is 6.07. The summed E-state index contributed by atoms with van der Waals surface area (Å²) in [6.45, 7) is 3.56. The average molecular weight is 291 g/mol. The van der Waals surface area contributed by atoms with E-state index in [1.807, 2.05) is 0 Å². The number of halogens is 3. The third-order valence-electron chi connectivity index (χ3n) is 2.44. The molecule has 0 fully saturated rings. The van der Waals surface area contributed by atoms with Crippen molar-refractivity contribution in [2.75, 3.05) is 6.61 Å². The Hall–Kier alpha value is -1.76. The van der Waals surface area contributed by atoms with E-state index in [0.717, 1.165) is 0 Å². The fraction of sp³-hybridized carbons (Fsp3) is 0.462. The van der Waals surface area contributed by atoms with Gasteiger partial charge in [-0.2, -0.15) is 0 Å². The van der Waals surface area contributed by atoms with Crippen molar-refractivity contribution in [1.82, 2.24) is 5.32 Å². The topological polar surface area (TPSA) is 47.6 Å². The first-order chi connectivity index (χ1) is 9.33. The SMILES string of the molecule is CCOC(=O)C(C)NCc1ccccc1OC(F)(F)F. The molecule has 0 aliphatic carbocycles. The summed E-state index contributed by atoms with van der Waals surface area (Å²) >= 11 is 0. The lowest BCUT2D eigenvalue weighted by atomic mass is 10.2. The number of esters is 1. The molecule has 0 saturated heterocycles. The Labute approximate surface area is 114 Å². The maximum Gasteiger partial charge on any atom is 0.573 e. The molecule has 0 aromatic heterocycles. The Balaban J connectivity index is 2.66. The minimum Gasteiger partial charge on any atom is -0.465 e. The van der Waals surface area contributed by atoms with Gasteiger partial charge >= 0.3 is 12.3 Å². The molecule has 112 valence electrons. The third-order valence-corrected chi connectivity index (χ3v) is 2.44. The van der Waals surface area contributed by atoms with Gasteiger partial charge in [0.1, 0.15) is 11.8 Å². The first kappa shape index (κ1) is 16.3. The molecule has 7 heteroatoms. The molecule has 4 nitrogen and oxygen atoms in total. The molecule has 0 radical (unpaired) electrons. The van der Waals surface area contributed by atoms with Gasteiger partial charge in [0.2, 0.25) is 0 Å². The summed E-state index contributed by atoms with van der Waals surface area (Å²) < 4.78 is 45.4. The average Bonchev–Trinajstić information content (AvgIpc) is 2.35. The maximum absolute atomic E-state index is 12.2. The van der Waals surface area contributed by atoms with E-state index in [1.165, 1.54) is 18.2 Å². The smallest absolute Gasteiger partial charge is 0.465 e. The van der Waals surface area contributed by atoms with Crippen molar-refractivity contribution in [3.05, 3.63) is 29.8 Å². The predicted octanol–water partition coefficient (Wildman–Crippen LogP) is 2.63. The number of carbonyl (C=O) groups excluding carboxylic acids is 1. The van der Waals surface area contributed by atoms with Crippen molar-refractivity contribution >= 4 is 5.97 Å². The fourth-order valence-corrected chi connectivity index (χ4v) is 1.49. The molecule has 0 aliphatic rings. The molecule has 0 bridgehead atoms. The summed E-state index contributed by atoms with van der Waals surface area (Å²) in [7, 11) is 0. The quantitative estimate of drug-likeness (QED) is 0.819. The minimum absolute atomic E-state index is 0.0617. The van der Waals surface area contributed by atoms with Crippen molar-refractivity contribution in [1.29, 1.82) is 0 Å². The molecule has 0 heterocycles. The Morgan fingerprint density at radius 2 is 2.00 bits per heavy atom. The van der Waals surface area contributed by atoms with Gasteiger partial charge in [0, 0.05) is 12.1 Å². The van der Waals surface area contributed by atoms with E-state index in [9.17, 15) is 18.0 Å². The summed E-state index contributed by atoms with van der Waals surface area (Å²) in [5.41, 5.74) is 0.306. The number of hydrogen-bond donors (Lipinski definition) is 1. The normalized spacial score (nSPS) is 12.8. The number of alkyl halides is 3. The highest BCUT2D eigenvalue weighted by atomic mass is 19.4. The number of rotatable bonds is 6. The van der Waals surface area contributed by atoms with Crippen LogP contribution in [0.3, 0.4) is 0 Å². The van der Waals surface area contributed by atoms with Crippen molar-refractivity contribution in [2.24, 2.45) is 0 Å². The largest absolute Gasteiger partial charge is 0.573 e. The van der Waals surface area contributed by atoms with Crippen molar-refractivity contribution < 1.29 is 27.4 Å². The molecule has 0 amide bonds. The van der Waals surface area contributed by atoms with Crippen LogP contribution in [0, 0.1) is 0 Å². The van der Waals surface area contributed by atoms with Crippen LogP contribution in [0.15, 0.2) is 24.3 Å². The molecule has 1 aromatic carbocycles. The van der Waals surface area contributed by atoms with Crippen LogP contribution < -0.4 is 10.1 Å². The van der Waals surface area contributed by atoms with E-state index in [-0.39, 0.29) is 18.9 Å². The van der Waals surface area contributed by atoms with Crippen LogP contribution in [0.5, 0.6) is 5.75 Å². The minimum atomic E-state index is -4.75. The van der Waals surface area contributed by atoms with Gasteiger partial charge in [0.05, 0.1) is 6.61 Å². The second-order valence-electron chi connectivity index (χ2n) is 4.01. The molecule has 1 aromatic rings. The van der Waals surface area contributed by atoms with Gasteiger partial charge in [-0.05, 0) is 19.9 Å². The van der Waals surface area contributed by atoms with Crippen LogP contribution in [-0.4, -0.2) is 25.0 Å². The van der Waals surface area contributed by atoms with Gasteiger partial charge in [-0.15, -0.1) is 13.2 Å². The Bertz CT molecular complexity index is 449. The van der Waals surface area contributed by atoms with E-state index >= 15 is 0 Å². The molecule has 1 unspecified atom stereocenters. The van der Waals surface area contributed by atoms with E-state index in [2.05, 4.69) is 10.1 Å². The van der Waals surface area contributed by atoms with Crippen LogP contribution in [0.25, 0.3) is 0 Å². The summed E-state index contributed by atoms with van der Waals surface area (Å²) in [5.74, 6) is -0.745. The molecule has 0 spiro atoms. The summed E-state index contributed by atoms with van der Waals surface area (Å²) in [4.78, 5) is 11.4. The van der Waals surface area contributed by atoms with Gasteiger partial charge < -0.3 is 14.8 Å². The number of nitrogens with one attached hydrogen (secondary N) is 1. The molecule has 20 heavy (non-hydrogen) atoms. The highest BCUT2D eigenvalue weighted by Crippen LogP contribution is 2.26. The zero-order chi connectivity index (χ0) is 15.2. The summed E-state index contributed by atoms with van der Waals surface area (Å²) in [6.07, 6.45) is -4.75. The van der Waals surface area contributed by atoms with Crippen LogP contribution in [0.1, 0.15) is 19.4 Å². The zero-order valence-corrected chi connectivity index (χ0v) is 11.2. The molecular weight excluding hydrogens is 275 g/mol. The zero-order valence-electron chi connectivity index (χ0n) is 11.2. The molecule has 1 rings (SSSR count). The van der Waals surface area contributed by atoms with Gasteiger partial charge in [0.25, 0.3) is 0 Å². The standard InChI is InChI=1S/C13H16F3NO3/c1-3-19-12(18)9(2)17-8-10-6-4-5-7-11(10)20-13(14,15)16/h4-7,9,17H,3,8H2,1-2H3. The predicted molar refractivity (Wildman–Crippen MR) is 66.1 cm³/mol. The Morgan fingerprint density at radius 1 is 1.35 bits per heavy atom. The second-order valence-corrected chi connectivity index (χ2v) is 4.01. The van der Waals surface area contributed by atoms with Crippen molar-refractivity contribution in [2.45, 2.75) is 32.8 Å². The Morgan fingerprint density at radius 3 is 2.60 bits per heavy atom. The molecular formula is C13H16F3NO3. The van der Waals surface area contributed by atoms with Crippen LogP contribution in [0.2, 0.25) is 0 Å². The molecule has 0 saturated carbocycles. The highest BCUT2D eigenvalue weighted by Gasteiger charge is 2.32. The number of ether oxygens (including phenoxy) is 2. The van der Waals surface area contributed by atoms with Gasteiger partial charge in [-0.25, -0.2) is 0 Å². The molecule has 1 atom stereocenters. The second kappa shape index (κ2) is 7.14. The number of hydrogen-bond acceptors (Lipinski definition) is 4. The maximum atomic E-state index is 12.2. The van der Waals surface area contributed by atoms with E-state index in [4.69, 9.17) is 4.74 Å². The van der Waals surface area contributed by atoms with Crippen LogP contribution in [-0.2, 0) is 16.1 Å². The number of carbonyl (C=O) groups is 1. The molecule has 1 N–H and O–H groups in total. The fourth-order valence-electron chi connectivity index (χ4n) is 1.49. The first-order valence-electron chi connectivity index (χ1n) is 6.07. The van der Waals surface area contributed by atoms with Crippen molar-refractivity contribution in [3.63, 3.8) is 0 Å². The summed E-state index contributed by atoms with van der Waals surface area (Å²) in [5, 5.41) is 2.79. The lowest BCUT2D eigenvalue weighted by Crippen LogP contribution is -2.35. The van der Waals surface area contributed by atoms with Gasteiger partial charge in [-0.3, -0.25) is 4.79 Å². The Kier molecular flexibility index (Phi) is 5.82. The molecule has 0 aliphatic heterocycles. The number of para-hydroxylation sites is 1. The van der Waals surface area contributed by atoms with E-state index in [1.54, 1.807) is 19.9 Å². The van der Waals surface area contributed by atoms with Crippen molar-refractivity contribution in [3.8, 4) is 5.75 Å². The monoisotopic (exact) mass is 291 g/mol. The lowest BCUT2D eigenvalue weighted by Gasteiger charge is -2.16. The van der Waals surface area contributed by atoms with E-state index < -0.39 is 18.4 Å². The third kappa shape index (κ3) is 5.48. The highest BCUT2D eigenvalue weighted by molar-refractivity contribution is 5.75. The van der Waals surface area contributed by atoms with Crippen LogP contribution >= 0.6 is 0 Å². The van der Waals surface area contributed by atoms with Crippen LogP contribution in [0.4, 0.5) is 13.2 Å². The lowest BCUT2D eigenvalue weighted by molar-refractivity contribution is -0.274. The van der Waals surface area contributed by atoms with Gasteiger partial charge in [0.15, 0.2) is 0 Å². The van der Waals surface area contributed by atoms with E-state index in [0.29, 0.717) is 5.56 Å². The van der Waals surface area contributed by atoms with Gasteiger partial charge in [-0.1, -0.05) is 18.2 Å².